The third kappa shape index (κ3) is 3.25. The minimum absolute atomic E-state index is 0.442. The fourth-order valence-corrected chi connectivity index (χ4v) is 3.67. The monoisotopic (exact) mass is 375 g/mol. The summed E-state index contributed by atoms with van der Waals surface area (Å²) >= 11 is 0. The maximum atomic E-state index is 5.50. The van der Waals surface area contributed by atoms with Crippen molar-refractivity contribution >= 4 is 11.0 Å². The number of rotatable bonds is 5. The summed E-state index contributed by atoms with van der Waals surface area (Å²) in [5.41, 5.74) is 3.69. The van der Waals surface area contributed by atoms with Gasteiger partial charge in [-0.1, -0.05) is 23.4 Å². The van der Waals surface area contributed by atoms with Crippen LogP contribution in [0.3, 0.4) is 0 Å². The van der Waals surface area contributed by atoms with Gasteiger partial charge in [-0.25, -0.2) is 0 Å². The molecule has 0 amide bonds. The lowest BCUT2D eigenvalue weighted by atomic mass is 10.1. The zero-order valence-electron chi connectivity index (χ0n) is 15.7. The zero-order chi connectivity index (χ0) is 18.9. The van der Waals surface area contributed by atoms with E-state index in [1.807, 2.05) is 24.3 Å². The Morgan fingerprint density at radius 2 is 2.00 bits per heavy atom. The van der Waals surface area contributed by atoms with Gasteiger partial charge < -0.3 is 14.2 Å². The molecule has 5 rings (SSSR count). The predicted octanol–water partition coefficient (Wildman–Crippen LogP) is 3.88. The highest BCUT2D eigenvalue weighted by Gasteiger charge is 2.15. The number of aromatic amines is 1. The van der Waals surface area contributed by atoms with E-state index in [0.717, 1.165) is 28.8 Å². The number of aromatic nitrogens is 4. The summed E-state index contributed by atoms with van der Waals surface area (Å²) in [5, 5.41) is 5.14. The van der Waals surface area contributed by atoms with Crippen molar-refractivity contribution in [2.45, 2.75) is 19.4 Å². The number of benzene rings is 1. The number of pyridine rings is 1. The van der Waals surface area contributed by atoms with Gasteiger partial charge >= 0.3 is 0 Å². The highest BCUT2D eigenvalue weighted by atomic mass is 16.5. The molecule has 7 heteroatoms. The second-order valence-electron chi connectivity index (χ2n) is 7.08. The Morgan fingerprint density at radius 1 is 1.11 bits per heavy atom. The van der Waals surface area contributed by atoms with Gasteiger partial charge in [0, 0.05) is 23.6 Å². The molecule has 4 aromatic rings. The smallest absolute Gasteiger partial charge is 0.274 e. The molecule has 1 aromatic carbocycles. The van der Waals surface area contributed by atoms with Crippen LogP contribution in [0.2, 0.25) is 0 Å². The first-order valence-corrected chi connectivity index (χ1v) is 9.48. The van der Waals surface area contributed by atoms with Crippen molar-refractivity contribution in [3.05, 3.63) is 48.0 Å². The van der Waals surface area contributed by atoms with Gasteiger partial charge in [0.2, 0.25) is 11.7 Å². The Hall–Kier alpha value is -3.19. The number of fused-ring (bicyclic) bond motifs is 1. The summed E-state index contributed by atoms with van der Waals surface area (Å²) in [6.45, 7) is 3.32. The Kier molecular flexibility index (Phi) is 4.29. The summed E-state index contributed by atoms with van der Waals surface area (Å²) < 4.78 is 10.7. The fourth-order valence-electron chi connectivity index (χ4n) is 3.67. The number of H-pyrrole nitrogens is 1. The predicted molar refractivity (Wildman–Crippen MR) is 106 cm³/mol. The van der Waals surface area contributed by atoms with Gasteiger partial charge in [0.05, 0.1) is 7.11 Å². The number of hydrogen-bond donors (Lipinski definition) is 1. The molecule has 0 aliphatic carbocycles. The van der Waals surface area contributed by atoms with E-state index in [4.69, 9.17) is 9.26 Å². The van der Waals surface area contributed by atoms with Crippen LogP contribution in [0, 0.1) is 0 Å². The number of nitrogens with zero attached hydrogens (tertiary/aromatic N) is 4. The largest absolute Gasteiger partial charge is 0.481 e. The first kappa shape index (κ1) is 16.9. The van der Waals surface area contributed by atoms with Crippen LogP contribution in [0.4, 0.5) is 0 Å². The van der Waals surface area contributed by atoms with Gasteiger partial charge in [0.15, 0.2) is 0 Å². The molecule has 0 spiro atoms. The molecule has 0 atom stereocenters. The lowest BCUT2D eigenvalue weighted by Gasteiger charge is -2.14. The zero-order valence-corrected chi connectivity index (χ0v) is 15.7. The molecule has 4 heterocycles. The lowest BCUT2D eigenvalue weighted by Crippen LogP contribution is -2.18. The van der Waals surface area contributed by atoms with Gasteiger partial charge in [-0.15, -0.1) is 0 Å². The second kappa shape index (κ2) is 7.09. The molecule has 1 aliphatic rings. The molecule has 0 radical (unpaired) electrons. The van der Waals surface area contributed by atoms with E-state index in [2.05, 4.69) is 43.2 Å². The van der Waals surface area contributed by atoms with Crippen LogP contribution < -0.4 is 4.74 Å². The van der Waals surface area contributed by atoms with E-state index >= 15 is 0 Å². The van der Waals surface area contributed by atoms with E-state index in [-0.39, 0.29) is 0 Å². The van der Waals surface area contributed by atoms with Crippen molar-refractivity contribution in [3.63, 3.8) is 0 Å². The molecule has 1 saturated heterocycles. The molecule has 0 unspecified atom stereocenters. The van der Waals surface area contributed by atoms with Gasteiger partial charge in [0.25, 0.3) is 5.89 Å². The molecule has 142 valence electrons. The van der Waals surface area contributed by atoms with Crippen LogP contribution in [0.1, 0.15) is 18.4 Å². The average molecular weight is 375 g/mol. The Labute approximate surface area is 162 Å². The van der Waals surface area contributed by atoms with Crippen molar-refractivity contribution in [1.29, 1.82) is 0 Å². The molecule has 28 heavy (non-hydrogen) atoms. The molecule has 1 N–H and O–H groups in total. The molecule has 1 fully saturated rings. The quantitative estimate of drug-likeness (QED) is 0.570. The highest BCUT2D eigenvalue weighted by Crippen LogP contribution is 2.26. The summed E-state index contributed by atoms with van der Waals surface area (Å²) in [6.07, 6.45) is 2.58. The number of likely N-dealkylation sites (tertiary alicyclic amines) is 1. The van der Waals surface area contributed by atoms with Crippen LogP contribution in [0.5, 0.6) is 5.88 Å². The maximum absolute atomic E-state index is 5.50. The first-order valence-electron chi connectivity index (χ1n) is 9.48. The molecular weight excluding hydrogens is 354 g/mol. The van der Waals surface area contributed by atoms with Crippen LogP contribution in [-0.2, 0) is 6.54 Å². The standard InChI is InChI=1S/C21H21N5O2/c1-27-18-8-7-16-12-17(22-19(16)23-18)21-24-20(25-28-21)15-6-4-5-14(11-15)13-26-9-2-3-10-26/h4-8,11-12H,2-3,9-10,13H2,1H3,(H,22,23). The van der Waals surface area contributed by atoms with Crippen LogP contribution in [0.25, 0.3) is 34.0 Å². The van der Waals surface area contributed by atoms with Crippen molar-refractivity contribution in [3.8, 4) is 28.9 Å². The van der Waals surface area contributed by atoms with Crippen molar-refractivity contribution in [1.82, 2.24) is 25.0 Å². The number of hydrogen-bond acceptors (Lipinski definition) is 6. The highest BCUT2D eigenvalue weighted by molar-refractivity contribution is 5.82. The molecule has 3 aromatic heterocycles. The number of ether oxygens (including phenoxy) is 1. The minimum atomic E-state index is 0.442. The molecular formula is C21H21N5O2. The normalized spacial score (nSPS) is 14.8. The van der Waals surface area contributed by atoms with Crippen molar-refractivity contribution < 1.29 is 9.26 Å². The van der Waals surface area contributed by atoms with E-state index in [9.17, 15) is 0 Å². The Morgan fingerprint density at radius 3 is 2.86 bits per heavy atom. The van der Waals surface area contributed by atoms with Gasteiger partial charge in [-0.2, -0.15) is 9.97 Å². The summed E-state index contributed by atoms with van der Waals surface area (Å²) in [5.74, 6) is 1.58. The van der Waals surface area contributed by atoms with E-state index < -0.39 is 0 Å². The van der Waals surface area contributed by atoms with E-state index in [0.29, 0.717) is 17.6 Å². The molecule has 1 aliphatic heterocycles. The van der Waals surface area contributed by atoms with E-state index in [1.54, 1.807) is 7.11 Å². The van der Waals surface area contributed by atoms with Gasteiger partial charge in [0.1, 0.15) is 11.3 Å². The molecule has 0 bridgehead atoms. The second-order valence-corrected chi connectivity index (χ2v) is 7.08. The third-order valence-electron chi connectivity index (χ3n) is 5.11. The minimum Gasteiger partial charge on any atom is -0.481 e. The lowest BCUT2D eigenvalue weighted by molar-refractivity contribution is 0.331. The van der Waals surface area contributed by atoms with Crippen LogP contribution in [0.15, 0.2) is 47.0 Å². The summed E-state index contributed by atoms with van der Waals surface area (Å²) in [6, 6.07) is 14.1. The molecule has 0 saturated carbocycles. The summed E-state index contributed by atoms with van der Waals surface area (Å²) in [4.78, 5) is 14.7. The van der Waals surface area contributed by atoms with Gasteiger partial charge in [-0.3, -0.25) is 4.90 Å². The van der Waals surface area contributed by atoms with Crippen molar-refractivity contribution in [2.24, 2.45) is 0 Å². The SMILES string of the molecule is COc1ccc2cc(-c3nc(-c4cccc(CN5CCCC5)c4)no3)[nH]c2n1. The van der Waals surface area contributed by atoms with Crippen LogP contribution >= 0.6 is 0 Å². The van der Waals surface area contributed by atoms with E-state index in [1.165, 1.54) is 31.5 Å². The first-order chi connectivity index (χ1) is 13.8. The Balaban J connectivity index is 1.41. The average Bonchev–Trinajstić information content (AvgIpc) is 3.47. The maximum Gasteiger partial charge on any atom is 0.274 e. The topological polar surface area (TPSA) is 80.1 Å². The van der Waals surface area contributed by atoms with Crippen molar-refractivity contribution in [2.75, 3.05) is 20.2 Å². The number of nitrogens with one attached hydrogen (secondary N) is 1. The number of methoxy groups -OCH3 is 1. The van der Waals surface area contributed by atoms with Gasteiger partial charge in [-0.05, 0) is 49.7 Å². The Bertz CT molecular complexity index is 1110. The van der Waals surface area contributed by atoms with Crippen LogP contribution in [-0.4, -0.2) is 45.2 Å². The fraction of sp³-hybridized carbons (Fsp3) is 0.286. The summed E-state index contributed by atoms with van der Waals surface area (Å²) in [7, 11) is 1.60. The molecule has 7 nitrogen and oxygen atoms in total. The third-order valence-corrected chi connectivity index (χ3v) is 5.11.